The number of nitrogens with one attached hydrogen (secondary N) is 2. The van der Waals surface area contributed by atoms with Gasteiger partial charge in [0.05, 0.1) is 10.9 Å². The first-order chi connectivity index (χ1) is 13.6. The molecule has 8 heteroatoms. The molecule has 1 amide bonds. The number of carbonyl (C=O) groups excluding carboxylic acids is 1. The molecule has 2 atom stereocenters. The summed E-state index contributed by atoms with van der Waals surface area (Å²) in [6.07, 6.45) is -1.32. The molecule has 0 spiro atoms. The molecule has 28 heavy (non-hydrogen) atoms. The highest BCUT2D eigenvalue weighted by molar-refractivity contribution is 5.83. The smallest absolute Gasteiger partial charge is 0.283 e. The lowest BCUT2D eigenvalue weighted by Crippen LogP contribution is -2.50. The summed E-state index contributed by atoms with van der Waals surface area (Å²) >= 11 is 0. The van der Waals surface area contributed by atoms with E-state index in [1.807, 2.05) is 19.1 Å². The maximum absolute atomic E-state index is 12.6. The van der Waals surface area contributed by atoms with E-state index in [9.17, 15) is 9.59 Å². The van der Waals surface area contributed by atoms with Crippen LogP contribution in [-0.2, 0) is 11.3 Å². The highest BCUT2D eigenvalue weighted by atomic mass is 16.6. The quantitative estimate of drug-likeness (QED) is 0.673. The molecule has 0 radical (unpaired) electrons. The van der Waals surface area contributed by atoms with Gasteiger partial charge in [0.25, 0.3) is 11.5 Å². The summed E-state index contributed by atoms with van der Waals surface area (Å²) in [6, 6.07) is 14.3. The number of hydrogen-bond donors (Lipinski definition) is 2. The molecule has 0 saturated heterocycles. The predicted molar refractivity (Wildman–Crippen MR) is 104 cm³/mol. The molecule has 1 aromatic heterocycles. The molecule has 8 nitrogen and oxygen atoms in total. The van der Waals surface area contributed by atoms with Crippen molar-refractivity contribution in [1.82, 2.24) is 15.0 Å². The fraction of sp³-hybridized carbons (Fsp3) is 0.250. The van der Waals surface area contributed by atoms with Gasteiger partial charge in [-0.2, -0.15) is 0 Å². The van der Waals surface area contributed by atoms with E-state index in [0.717, 1.165) is 0 Å². The molecule has 0 fully saturated rings. The zero-order valence-electron chi connectivity index (χ0n) is 15.5. The van der Waals surface area contributed by atoms with Crippen LogP contribution in [0.15, 0.2) is 53.3 Å². The van der Waals surface area contributed by atoms with Gasteiger partial charge >= 0.3 is 0 Å². The Morgan fingerprint density at radius 1 is 1.11 bits per heavy atom. The Balaban J connectivity index is 1.55. The lowest BCUT2D eigenvalue weighted by Gasteiger charge is -2.31. The fourth-order valence-electron chi connectivity index (χ4n) is 3.15. The standard InChI is InChI=1S/C20H20N4O4/c1-3-24-19(26)13-8-4-5-9-14(13)21-20(24)23-22-18(25)17-12(2)27-15-10-6-7-11-16(15)28-17/h4-12,17H,3H2,1-2H3,(H,21,23)(H,22,25)/t12-,17+/m1/s1. The average Bonchev–Trinajstić information content (AvgIpc) is 2.71. The lowest BCUT2D eigenvalue weighted by molar-refractivity contribution is -0.132. The predicted octanol–water partition coefficient (Wildman–Crippen LogP) is 2.09. The third-order valence-corrected chi connectivity index (χ3v) is 4.58. The number of aromatic nitrogens is 2. The Labute approximate surface area is 161 Å². The van der Waals surface area contributed by atoms with Crippen LogP contribution in [0.5, 0.6) is 11.5 Å². The Morgan fingerprint density at radius 3 is 2.54 bits per heavy atom. The van der Waals surface area contributed by atoms with E-state index >= 15 is 0 Å². The van der Waals surface area contributed by atoms with Gasteiger partial charge in [0.15, 0.2) is 11.5 Å². The van der Waals surface area contributed by atoms with Gasteiger partial charge in [-0.3, -0.25) is 25.0 Å². The number of fused-ring (bicyclic) bond motifs is 2. The maximum Gasteiger partial charge on any atom is 0.283 e. The molecular weight excluding hydrogens is 360 g/mol. The van der Waals surface area contributed by atoms with E-state index in [1.54, 1.807) is 43.3 Å². The summed E-state index contributed by atoms with van der Waals surface area (Å²) in [5, 5.41) is 0.524. The van der Waals surface area contributed by atoms with Gasteiger partial charge in [0.2, 0.25) is 12.1 Å². The van der Waals surface area contributed by atoms with E-state index in [4.69, 9.17) is 9.47 Å². The molecule has 0 bridgehead atoms. The minimum atomic E-state index is -0.843. The largest absolute Gasteiger partial charge is 0.482 e. The number of hydrazine groups is 1. The van der Waals surface area contributed by atoms with Crippen molar-refractivity contribution < 1.29 is 14.3 Å². The van der Waals surface area contributed by atoms with Crippen LogP contribution in [0.4, 0.5) is 5.95 Å². The van der Waals surface area contributed by atoms with Crippen LogP contribution in [0.1, 0.15) is 13.8 Å². The number of anilines is 1. The van der Waals surface area contributed by atoms with Gasteiger partial charge in [0.1, 0.15) is 6.10 Å². The molecule has 1 aliphatic rings. The van der Waals surface area contributed by atoms with Crippen molar-refractivity contribution >= 4 is 22.8 Å². The van der Waals surface area contributed by atoms with Crippen LogP contribution in [0.2, 0.25) is 0 Å². The molecule has 2 N–H and O–H groups in total. The second kappa shape index (κ2) is 7.22. The molecule has 144 valence electrons. The molecule has 0 unspecified atom stereocenters. The van der Waals surface area contributed by atoms with E-state index in [-0.39, 0.29) is 11.5 Å². The number of carbonyl (C=O) groups is 1. The van der Waals surface area contributed by atoms with Crippen LogP contribution in [0.3, 0.4) is 0 Å². The summed E-state index contributed by atoms with van der Waals surface area (Å²) < 4.78 is 13.0. The van der Waals surface area contributed by atoms with Crippen molar-refractivity contribution in [3.8, 4) is 11.5 Å². The number of amides is 1. The Hall–Kier alpha value is -3.55. The first-order valence-corrected chi connectivity index (χ1v) is 9.06. The number of para-hydroxylation sites is 3. The van der Waals surface area contributed by atoms with Crippen molar-refractivity contribution in [2.45, 2.75) is 32.6 Å². The van der Waals surface area contributed by atoms with Crippen LogP contribution < -0.4 is 25.9 Å². The number of rotatable bonds is 4. The van der Waals surface area contributed by atoms with E-state index < -0.39 is 18.1 Å². The van der Waals surface area contributed by atoms with Gasteiger partial charge in [-0.05, 0) is 38.1 Å². The van der Waals surface area contributed by atoms with Crippen LogP contribution in [-0.4, -0.2) is 27.7 Å². The highest BCUT2D eigenvalue weighted by Gasteiger charge is 2.34. The van der Waals surface area contributed by atoms with E-state index in [1.165, 1.54) is 4.57 Å². The fourth-order valence-corrected chi connectivity index (χ4v) is 3.15. The van der Waals surface area contributed by atoms with Crippen LogP contribution >= 0.6 is 0 Å². The van der Waals surface area contributed by atoms with Crippen molar-refractivity contribution in [3.63, 3.8) is 0 Å². The molecule has 0 saturated carbocycles. The first kappa shape index (κ1) is 17.8. The minimum absolute atomic E-state index is 0.176. The zero-order valence-corrected chi connectivity index (χ0v) is 15.5. The van der Waals surface area contributed by atoms with Crippen LogP contribution in [0.25, 0.3) is 10.9 Å². The zero-order chi connectivity index (χ0) is 19.7. The number of ether oxygens (including phenoxy) is 2. The second-order valence-electron chi connectivity index (χ2n) is 6.42. The Kier molecular flexibility index (Phi) is 4.60. The lowest BCUT2D eigenvalue weighted by atomic mass is 10.1. The molecule has 0 aliphatic carbocycles. The van der Waals surface area contributed by atoms with Gasteiger partial charge in [-0.25, -0.2) is 4.98 Å². The Bertz CT molecular complexity index is 1100. The third kappa shape index (κ3) is 3.13. The minimum Gasteiger partial charge on any atom is -0.482 e. The average molecular weight is 380 g/mol. The summed E-state index contributed by atoms with van der Waals surface area (Å²) in [5.41, 5.74) is 5.71. The molecule has 4 rings (SSSR count). The van der Waals surface area contributed by atoms with Crippen molar-refractivity contribution in [2.75, 3.05) is 5.43 Å². The monoisotopic (exact) mass is 380 g/mol. The summed E-state index contributed by atoms with van der Waals surface area (Å²) in [7, 11) is 0. The SMILES string of the molecule is CCn1c(NNC(=O)[C@H]2Oc3ccccc3O[C@@H]2C)nc2ccccc2c1=O. The maximum atomic E-state index is 12.6. The summed E-state index contributed by atoms with van der Waals surface area (Å²) in [4.78, 5) is 29.7. The van der Waals surface area contributed by atoms with E-state index in [2.05, 4.69) is 15.8 Å². The third-order valence-electron chi connectivity index (χ3n) is 4.58. The molecule has 1 aliphatic heterocycles. The topological polar surface area (TPSA) is 94.5 Å². The summed E-state index contributed by atoms with van der Waals surface area (Å²) in [6.45, 7) is 4.00. The number of nitrogens with zero attached hydrogens (tertiary/aromatic N) is 2. The second-order valence-corrected chi connectivity index (χ2v) is 6.42. The van der Waals surface area contributed by atoms with Crippen molar-refractivity contribution in [1.29, 1.82) is 0 Å². The normalized spacial score (nSPS) is 17.9. The van der Waals surface area contributed by atoms with E-state index in [0.29, 0.717) is 28.9 Å². The highest BCUT2D eigenvalue weighted by Crippen LogP contribution is 2.33. The molecule has 3 aromatic rings. The molecular formula is C20H20N4O4. The number of hydrogen-bond acceptors (Lipinski definition) is 6. The molecule has 2 aromatic carbocycles. The first-order valence-electron chi connectivity index (χ1n) is 9.06. The van der Waals surface area contributed by atoms with Crippen molar-refractivity contribution in [3.05, 3.63) is 58.9 Å². The van der Waals surface area contributed by atoms with Gasteiger partial charge in [-0.15, -0.1) is 0 Å². The van der Waals surface area contributed by atoms with Crippen LogP contribution in [0, 0.1) is 0 Å². The van der Waals surface area contributed by atoms with Crippen molar-refractivity contribution in [2.24, 2.45) is 0 Å². The molecule has 2 heterocycles. The van der Waals surface area contributed by atoms with Gasteiger partial charge in [-0.1, -0.05) is 24.3 Å². The Morgan fingerprint density at radius 2 is 1.79 bits per heavy atom. The van der Waals surface area contributed by atoms with Gasteiger partial charge in [0, 0.05) is 6.54 Å². The number of benzene rings is 2. The van der Waals surface area contributed by atoms with Gasteiger partial charge < -0.3 is 9.47 Å². The summed E-state index contributed by atoms with van der Waals surface area (Å²) in [5.74, 6) is 0.939.